The summed E-state index contributed by atoms with van der Waals surface area (Å²) in [5, 5.41) is 16.1. The number of anilines is 2. The summed E-state index contributed by atoms with van der Waals surface area (Å²) in [5.74, 6) is 2.47. The van der Waals surface area contributed by atoms with E-state index in [9.17, 15) is 0 Å². The fraction of sp³-hybridized carbons (Fsp3) is 0.600. The third-order valence-corrected chi connectivity index (χ3v) is 4.05. The highest BCUT2D eigenvalue weighted by molar-refractivity contribution is 5.50. The van der Waals surface area contributed by atoms with Crippen LogP contribution in [-0.2, 0) is 13.0 Å². The minimum absolute atomic E-state index is 0.232. The molecule has 0 saturated carbocycles. The van der Waals surface area contributed by atoms with E-state index in [0.29, 0.717) is 18.8 Å². The van der Waals surface area contributed by atoms with Gasteiger partial charge in [-0.1, -0.05) is 5.16 Å². The van der Waals surface area contributed by atoms with Crippen molar-refractivity contribution < 1.29 is 9.63 Å². The fourth-order valence-electron chi connectivity index (χ4n) is 2.59. The number of hydrogen-bond donors (Lipinski definition) is 2. The van der Waals surface area contributed by atoms with Gasteiger partial charge < -0.3 is 19.8 Å². The fourth-order valence-corrected chi connectivity index (χ4v) is 2.59. The maximum absolute atomic E-state index is 8.92. The predicted octanol–water partition coefficient (Wildman–Crippen LogP) is 1.22. The standard InChI is InChI=1S/C15H22N6O2/c1-10-11(2)17-15(21-7-3-4-8-21)19-14(10)16-6-5-12-18-13(9-22)23-20-12/h22H,3-9H2,1-2H3,(H,16,17,19). The summed E-state index contributed by atoms with van der Waals surface area (Å²) in [4.78, 5) is 15.6. The van der Waals surface area contributed by atoms with Gasteiger partial charge in [-0.25, -0.2) is 4.98 Å². The van der Waals surface area contributed by atoms with Crippen molar-refractivity contribution in [2.24, 2.45) is 0 Å². The number of aliphatic hydroxyl groups is 1. The summed E-state index contributed by atoms with van der Waals surface area (Å²) in [6, 6.07) is 0. The molecule has 0 aromatic carbocycles. The van der Waals surface area contributed by atoms with Gasteiger partial charge in [-0.2, -0.15) is 9.97 Å². The van der Waals surface area contributed by atoms with Crippen LogP contribution in [0.4, 0.5) is 11.8 Å². The lowest BCUT2D eigenvalue weighted by molar-refractivity contribution is 0.222. The zero-order chi connectivity index (χ0) is 16.2. The van der Waals surface area contributed by atoms with Crippen LogP contribution in [0.2, 0.25) is 0 Å². The van der Waals surface area contributed by atoms with E-state index >= 15 is 0 Å². The SMILES string of the molecule is Cc1nc(N2CCCC2)nc(NCCc2noc(CO)n2)c1C. The second-order valence-electron chi connectivity index (χ2n) is 5.72. The Balaban J connectivity index is 1.66. The molecule has 0 atom stereocenters. The first-order chi connectivity index (χ1) is 11.2. The number of aromatic nitrogens is 4. The van der Waals surface area contributed by atoms with Crippen LogP contribution in [0, 0.1) is 13.8 Å². The second-order valence-corrected chi connectivity index (χ2v) is 5.72. The quantitative estimate of drug-likeness (QED) is 0.820. The Labute approximate surface area is 134 Å². The van der Waals surface area contributed by atoms with Crippen molar-refractivity contribution in [3.05, 3.63) is 23.0 Å². The van der Waals surface area contributed by atoms with Crippen molar-refractivity contribution >= 4 is 11.8 Å². The number of nitrogens with one attached hydrogen (secondary N) is 1. The first kappa shape index (κ1) is 15.7. The van der Waals surface area contributed by atoms with Gasteiger partial charge in [-0.05, 0) is 26.7 Å². The zero-order valence-electron chi connectivity index (χ0n) is 13.5. The van der Waals surface area contributed by atoms with Crippen molar-refractivity contribution in [2.75, 3.05) is 29.9 Å². The monoisotopic (exact) mass is 318 g/mol. The molecule has 3 rings (SSSR count). The lowest BCUT2D eigenvalue weighted by atomic mass is 10.2. The Hall–Kier alpha value is -2.22. The Morgan fingerprint density at radius 1 is 1.17 bits per heavy atom. The number of aryl methyl sites for hydroxylation is 1. The van der Waals surface area contributed by atoms with Gasteiger partial charge in [-0.15, -0.1) is 0 Å². The largest absolute Gasteiger partial charge is 0.387 e. The number of hydrogen-bond acceptors (Lipinski definition) is 8. The molecule has 124 valence electrons. The van der Waals surface area contributed by atoms with E-state index in [0.717, 1.165) is 36.1 Å². The van der Waals surface area contributed by atoms with E-state index in [2.05, 4.69) is 30.3 Å². The molecule has 1 aliphatic rings. The molecule has 2 N–H and O–H groups in total. The molecule has 1 saturated heterocycles. The highest BCUT2D eigenvalue weighted by Gasteiger charge is 2.17. The van der Waals surface area contributed by atoms with E-state index in [1.165, 1.54) is 12.8 Å². The Bertz CT molecular complexity index is 666. The van der Waals surface area contributed by atoms with E-state index < -0.39 is 0 Å². The van der Waals surface area contributed by atoms with Crippen LogP contribution in [0.25, 0.3) is 0 Å². The minimum Gasteiger partial charge on any atom is -0.387 e. The first-order valence-electron chi connectivity index (χ1n) is 7.93. The maximum atomic E-state index is 8.92. The Morgan fingerprint density at radius 3 is 2.65 bits per heavy atom. The highest BCUT2D eigenvalue weighted by Crippen LogP contribution is 2.22. The molecular formula is C15H22N6O2. The summed E-state index contributed by atoms with van der Waals surface area (Å²) >= 11 is 0. The van der Waals surface area contributed by atoms with Crippen LogP contribution in [-0.4, -0.2) is 44.8 Å². The molecule has 0 spiro atoms. The molecule has 0 radical (unpaired) electrons. The number of rotatable bonds is 6. The maximum Gasteiger partial charge on any atom is 0.252 e. The van der Waals surface area contributed by atoms with Crippen molar-refractivity contribution in [1.82, 2.24) is 20.1 Å². The van der Waals surface area contributed by atoms with Gasteiger partial charge in [0.1, 0.15) is 12.4 Å². The molecule has 0 aliphatic carbocycles. The van der Waals surface area contributed by atoms with E-state index in [4.69, 9.17) is 9.63 Å². The molecule has 8 heteroatoms. The lowest BCUT2D eigenvalue weighted by Gasteiger charge is -2.18. The van der Waals surface area contributed by atoms with Crippen LogP contribution in [0.3, 0.4) is 0 Å². The molecule has 0 unspecified atom stereocenters. The van der Waals surface area contributed by atoms with Crippen LogP contribution < -0.4 is 10.2 Å². The number of aliphatic hydroxyl groups excluding tert-OH is 1. The van der Waals surface area contributed by atoms with Crippen LogP contribution in [0.1, 0.15) is 35.8 Å². The molecule has 3 heterocycles. The van der Waals surface area contributed by atoms with Crippen molar-refractivity contribution in [3.63, 3.8) is 0 Å². The second kappa shape index (κ2) is 6.91. The van der Waals surface area contributed by atoms with Gasteiger partial charge in [0.15, 0.2) is 5.82 Å². The zero-order valence-corrected chi connectivity index (χ0v) is 13.5. The molecule has 2 aromatic rings. The van der Waals surface area contributed by atoms with E-state index in [-0.39, 0.29) is 12.5 Å². The summed E-state index contributed by atoms with van der Waals surface area (Å²) in [6.07, 6.45) is 3.00. The van der Waals surface area contributed by atoms with Crippen molar-refractivity contribution in [2.45, 2.75) is 39.7 Å². The molecule has 1 fully saturated rings. The normalized spacial score (nSPS) is 14.5. The summed E-state index contributed by atoms with van der Waals surface area (Å²) in [7, 11) is 0. The molecular weight excluding hydrogens is 296 g/mol. The van der Waals surface area contributed by atoms with Gasteiger partial charge in [0.2, 0.25) is 5.95 Å². The van der Waals surface area contributed by atoms with Gasteiger partial charge in [0, 0.05) is 37.3 Å². The molecule has 1 aliphatic heterocycles. The summed E-state index contributed by atoms with van der Waals surface area (Å²) in [5.41, 5.74) is 2.05. The van der Waals surface area contributed by atoms with Gasteiger partial charge in [0.25, 0.3) is 5.89 Å². The Kier molecular flexibility index (Phi) is 4.71. The first-order valence-corrected chi connectivity index (χ1v) is 7.93. The lowest BCUT2D eigenvalue weighted by Crippen LogP contribution is -2.22. The van der Waals surface area contributed by atoms with Crippen LogP contribution >= 0.6 is 0 Å². The van der Waals surface area contributed by atoms with E-state index in [1.807, 2.05) is 13.8 Å². The van der Waals surface area contributed by atoms with Gasteiger partial charge >= 0.3 is 0 Å². The molecule has 23 heavy (non-hydrogen) atoms. The molecule has 2 aromatic heterocycles. The Morgan fingerprint density at radius 2 is 1.96 bits per heavy atom. The third kappa shape index (κ3) is 3.58. The third-order valence-electron chi connectivity index (χ3n) is 4.05. The summed E-state index contributed by atoms with van der Waals surface area (Å²) < 4.78 is 4.87. The van der Waals surface area contributed by atoms with Crippen molar-refractivity contribution in [1.29, 1.82) is 0 Å². The minimum atomic E-state index is -0.232. The smallest absolute Gasteiger partial charge is 0.252 e. The summed E-state index contributed by atoms with van der Waals surface area (Å²) in [6.45, 7) is 6.48. The van der Waals surface area contributed by atoms with Crippen molar-refractivity contribution in [3.8, 4) is 0 Å². The predicted molar refractivity (Wildman–Crippen MR) is 85.4 cm³/mol. The molecule has 0 amide bonds. The number of nitrogens with zero attached hydrogens (tertiary/aromatic N) is 5. The van der Waals surface area contributed by atoms with Gasteiger partial charge in [-0.3, -0.25) is 0 Å². The molecule has 8 nitrogen and oxygen atoms in total. The average molecular weight is 318 g/mol. The van der Waals surface area contributed by atoms with Crippen LogP contribution in [0.5, 0.6) is 0 Å². The van der Waals surface area contributed by atoms with Gasteiger partial charge in [0.05, 0.1) is 0 Å². The molecule has 0 bridgehead atoms. The van der Waals surface area contributed by atoms with E-state index in [1.54, 1.807) is 0 Å². The topological polar surface area (TPSA) is 100 Å². The van der Waals surface area contributed by atoms with Crippen LogP contribution in [0.15, 0.2) is 4.52 Å². The highest BCUT2D eigenvalue weighted by atomic mass is 16.5. The average Bonchev–Trinajstić information content (AvgIpc) is 3.22.